The van der Waals surface area contributed by atoms with Crippen molar-refractivity contribution in [3.05, 3.63) is 59.5 Å². The van der Waals surface area contributed by atoms with E-state index in [0.29, 0.717) is 19.4 Å². The van der Waals surface area contributed by atoms with Crippen molar-refractivity contribution in [1.29, 1.82) is 0 Å². The van der Waals surface area contributed by atoms with Gasteiger partial charge < -0.3 is 14.6 Å². The molecule has 3 rings (SSSR count). The number of likely N-dealkylation sites (tertiary alicyclic amines) is 1. The molecule has 5 nitrogen and oxygen atoms in total. The summed E-state index contributed by atoms with van der Waals surface area (Å²) in [5.74, 6) is 0.911. The predicted molar refractivity (Wildman–Crippen MR) is 95.1 cm³/mol. The molecule has 132 valence electrons. The number of hydrogen-bond acceptors (Lipinski definition) is 3. The fourth-order valence-corrected chi connectivity index (χ4v) is 3.03. The molecule has 0 spiro atoms. The number of piperidine rings is 1. The standard InChI is InChI=1S/C20H24N2O3/c23-19(11-10-18-5-4-14-25-18)21-15-16-6-8-17(9-7-16)20(24)22-12-2-1-3-13-22/h4-9,14H,1-3,10-13,15H2,(H,21,23). The van der Waals surface area contributed by atoms with Crippen LogP contribution in [0.5, 0.6) is 0 Å². The molecule has 1 fully saturated rings. The molecule has 1 aliphatic rings. The highest BCUT2D eigenvalue weighted by atomic mass is 16.3. The van der Waals surface area contributed by atoms with Crippen molar-refractivity contribution < 1.29 is 14.0 Å². The van der Waals surface area contributed by atoms with Crippen LogP contribution in [0.15, 0.2) is 47.1 Å². The first-order valence-electron chi connectivity index (χ1n) is 8.90. The van der Waals surface area contributed by atoms with Crippen LogP contribution in [0.4, 0.5) is 0 Å². The normalized spacial score (nSPS) is 14.3. The number of carbonyl (C=O) groups is 2. The van der Waals surface area contributed by atoms with E-state index in [1.165, 1.54) is 6.42 Å². The minimum absolute atomic E-state index is 0.00938. The summed E-state index contributed by atoms with van der Waals surface area (Å²) in [6.07, 6.45) is 6.01. The summed E-state index contributed by atoms with van der Waals surface area (Å²) >= 11 is 0. The lowest BCUT2D eigenvalue weighted by atomic mass is 10.1. The fraction of sp³-hybridized carbons (Fsp3) is 0.400. The first-order valence-corrected chi connectivity index (χ1v) is 8.90. The molecule has 2 amide bonds. The Bertz CT molecular complexity index is 686. The van der Waals surface area contributed by atoms with E-state index in [0.717, 1.165) is 42.8 Å². The SMILES string of the molecule is O=C(CCc1ccco1)NCc1ccc(C(=O)N2CCCCC2)cc1. The number of aryl methyl sites for hydroxylation is 1. The lowest BCUT2D eigenvalue weighted by Crippen LogP contribution is -2.35. The Labute approximate surface area is 148 Å². The zero-order valence-electron chi connectivity index (χ0n) is 14.4. The molecule has 0 atom stereocenters. The molecule has 1 aromatic carbocycles. The monoisotopic (exact) mass is 340 g/mol. The van der Waals surface area contributed by atoms with Gasteiger partial charge in [0.25, 0.3) is 5.91 Å². The van der Waals surface area contributed by atoms with Crippen LogP contribution in [-0.4, -0.2) is 29.8 Å². The number of amides is 2. The van der Waals surface area contributed by atoms with Crippen molar-refractivity contribution in [2.24, 2.45) is 0 Å². The van der Waals surface area contributed by atoms with E-state index in [9.17, 15) is 9.59 Å². The van der Waals surface area contributed by atoms with Crippen molar-refractivity contribution in [1.82, 2.24) is 10.2 Å². The fourth-order valence-electron chi connectivity index (χ4n) is 3.03. The maximum Gasteiger partial charge on any atom is 0.253 e. The average Bonchev–Trinajstić information content (AvgIpc) is 3.19. The van der Waals surface area contributed by atoms with E-state index in [-0.39, 0.29) is 11.8 Å². The first kappa shape index (κ1) is 17.3. The van der Waals surface area contributed by atoms with E-state index in [4.69, 9.17) is 4.42 Å². The summed E-state index contributed by atoms with van der Waals surface area (Å²) < 4.78 is 5.22. The van der Waals surface area contributed by atoms with Crippen molar-refractivity contribution in [3.8, 4) is 0 Å². The average molecular weight is 340 g/mol. The van der Waals surface area contributed by atoms with Gasteiger partial charge in [-0.3, -0.25) is 9.59 Å². The lowest BCUT2D eigenvalue weighted by Gasteiger charge is -2.26. The molecular formula is C20H24N2O3. The molecule has 1 saturated heterocycles. The number of hydrogen-bond donors (Lipinski definition) is 1. The van der Waals surface area contributed by atoms with Crippen LogP contribution >= 0.6 is 0 Å². The maximum absolute atomic E-state index is 12.4. The first-order chi connectivity index (χ1) is 12.2. The van der Waals surface area contributed by atoms with Gasteiger partial charge in [0.2, 0.25) is 5.91 Å². The van der Waals surface area contributed by atoms with Gasteiger partial charge in [0.1, 0.15) is 5.76 Å². The number of rotatable bonds is 6. The molecule has 2 heterocycles. The molecule has 0 radical (unpaired) electrons. The van der Waals surface area contributed by atoms with Gasteiger partial charge in [-0.05, 0) is 49.1 Å². The number of nitrogens with one attached hydrogen (secondary N) is 1. The van der Waals surface area contributed by atoms with Crippen LogP contribution in [0, 0.1) is 0 Å². The molecule has 2 aromatic rings. The summed E-state index contributed by atoms with van der Waals surface area (Å²) in [7, 11) is 0. The van der Waals surface area contributed by atoms with Crippen LogP contribution in [-0.2, 0) is 17.8 Å². The number of benzene rings is 1. The van der Waals surface area contributed by atoms with E-state index in [2.05, 4.69) is 5.32 Å². The second kappa shape index (κ2) is 8.51. The summed E-state index contributed by atoms with van der Waals surface area (Å²) in [6, 6.07) is 11.2. The van der Waals surface area contributed by atoms with Crippen LogP contribution in [0.25, 0.3) is 0 Å². The smallest absolute Gasteiger partial charge is 0.253 e. The Morgan fingerprint density at radius 3 is 2.48 bits per heavy atom. The Morgan fingerprint density at radius 1 is 1.04 bits per heavy atom. The van der Waals surface area contributed by atoms with Gasteiger partial charge in [-0.15, -0.1) is 0 Å². The highest BCUT2D eigenvalue weighted by Crippen LogP contribution is 2.14. The van der Waals surface area contributed by atoms with Gasteiger partial charge >= 0.3 is 0 Å². The van der Waals surface area contributed by atoms with Gasteiger partial charge in [-0.2, -0.15) is 0 Å². The van der Waals surface area contributed by atoms with E-state index < -0.39 is 0 Å². The minimum Gasteiger partial charge on any atom is -0.469 e. The third-order valence-electron chi connectivity index (χ3n) is 4.51. The largest absolute Gasteiger partial charge is 0.469 e. The third kappa shape index (κ3) is 4.95. The topological polar surface area (TPSA) is 62.6 Å². The van der Waals surface area contributed by atoms with Crippen LogP contribution < -0.4 is 5.32 Å². The van der Waals surface area contributed by atoms with Crippen LogP contribution in [0.2, 0.25) is 0 Å². The van der Waals surface area contributed by atoms with Gasteiger partial charge in [0.15, 0.2) is 0 Å². The maximum atomic E-state index is 12.4. The number of carbonyl (C=O) groups excluding carboxylic acids is 2. The van der Waals surface area contributed by atoms with Gasteiger partial charge in [-0.25, -0.2) is 0 Å². The second-order valence-corrected chi connectivity index (χ2v) is 6.41. The van der Waals surface area contributed by atoms with Gasteiger partial charge in [0, 0.05) is 38.0 Å². The third-order valence-corrected chi connectivity index (χ3v) is 4.51. The Kier molecular flexibility index (Phi) is 5.88. The zero-order valence-corrected chi connectivity index (χ0v) is 14.4. The highest BCUT2D eigenvalue weighted by molar-refractivity contribution is 5.94. The summed E-state index contributed by atoms with van der Waals surface area (Å²) in [5, 5.41) is 2.90. The molecule has 1 aliphatic heterocycles. The molecule has 1 aromatic heterocycles. The van der Waals surface area contributed by atoms with Crippen LogP contribution in [0.1, 0.15) is 47.4 Å². The number of nitrogens with zero attached hydrogens (tertiary/aromatic N) is 1. The molecule has 5 heteroatoms. The van der Waals surface area contributed by atoms with Crippen molar-refractivity contribution in [2.75, 3.05) is 13.1 Å². The van der Waals surface area contributed by atoms with E-state index in [1.54, 1.807) is 6.26 Å². The van der Waals surface area contributed by atoms with E-state index >= 15 is 0 Å². The number of furan rings is 1. The molecule has 0 saturated carbocycles. The highest BCUT2D eigenvalue weighted by Gasteiger charge is 2.17. The van der Waals surface area contributed by atoms with E-state index in [1.807, 2.05) is 41.3 Å². The Hall–Kier alpha value is -2.56. The van der Waals surface area contributed by atoms with Crippen molar-refractivity contribution in [3.63, 3.8) is 0 Å². The van der Waals surface area contributed by atoms with Crippen molar-refractivity contribution in [2.45, 2.75) is 38.6 Å². The van der Waals surface area contributed by atoms with Crippen LogP contribution in [0.3, 0.4) is 0 Å². The summed E-state index contributed by atoms with van der Waals surface area (Å²) in [6.45, 7) is 2.17. The minimum atomic E-state index is -0.00938. The molecule has 25 heavy (non-hydrogen) atoms. The lowest BCUT2D eigenvalue weighted by molar-refractivity contribution is -0.121. The van der Waals surface area contributed by atoms with Gasteiger partial charge in [0.05, 0.1) is 6.26 Å². The second-order valence-electron chi connectivity index (χ2n) is 6.41. The quantitative estimate of drug-likeness (QED) is 0.878. The molecule has 0 unspecified atom stereocenters. The van der Waals surface area contributed by atoms with Gasteiger partial charge in [-0.1, -0.05) is 12.1 Å². The van der Waals surface area contributed by atoms with Crippen molar-refractivity contribution >= 4 is 11.8 Å². The Morgan fingerprint density at radius 2 is 1.80 bits per heavy atom. The molecular weight excluding hydrogens is 316 g/mol. The molecule has 1 N–H and O–H groups in total. The molecule has 0 bridgehead atoms. The summed E-state index contributed by atoms with van der Waals surface area (Å²) in [5.41, 5.74) is 1.70. The Balaban J connectivity index is 1.45. The summed E-state index contributed by atoms with van der Waals surface area (Å²) in [4.78, 5) is 26.2. The zero-order chi connectivity index (χ0) is 17.5. The molecule has 0 aliphatic carbocycles. The predicted octanol–water partition coefficient (Wildman–Crippen LogP) is 3.15.